The van der Waals surface area contributed by atoms with Crippen molar-refractivity contribution in [3.63, 3.8) is 0 Å². The van der Waals surface area contributed by atoms with E-state index in [9.17, 15) is 9.59 Å². The predicted molar refractivity (Wildman–Crippen MR) is 118 cm³/mol. The molecule has 8 heteroatoms. The summed E-state index contributed by atoms with van der Waals surface area (Å²) >= 11 is 1.35. The third-order valence-electron chi connectivity index (χ3n) is 5.04. The normalized spacial score (nSPS) is 16.0. The first-order chi connectivity index (χ1) is 14.4. The number of fused-ring (bicyclic) bond motifs is 1. The lowest BCUT2D eigenvalue weighted by Crippen LogP contribution is -2.40. The van der Waals surface area contributed by atoms with Gasteiger partial charge in [-0.3, -0.25) is 14.2 Å². The van der Waals surface area contributed by atoms with Crippen molar-refractivity contribution in [2.24, 2.45) is 0 Å². The second-order valence-corrected chi connectivity index (χ2v) is 8.31. The van der Waals surface area contributed by atoms with Gasteiger partial charge < -0.3 is 10.2 Å². The molecule has 2 aromatic carbocycles. The number of hydrogen-bond donors (Lipinski definition) is 1. The fourth-order valence-corrected chi connectivity index (χ4v) is 4.45. The molecule has 0 saturated heterocycles. The van der Waals surface area contributed by atoms with Crippen LogP contribution in [0.5, 0.6) is 0 Å². The molecule has 0 saturated carbocycles. The number of rotatable bonds is 4. The Morgan fingerprint density at radius 2 is 1.87 bits per heavy atom. The minimum Gasteiger partial charge on any atom is -0.324 e. The standard InChI is InChI=1S/C22H23N5O2S/c1-14-8-10-17(11-9-14)27-16(3)24-25-22(27)30-13-21(29)26-15(2)12-20(28)23-18-6-4-5-7-19(18)26/h4-11,15H,12-13H2,1-3H3,(H,23,28)/t15-/m1/s1. The second kappa shape index (κ2) is 8.31. The number of thioether (sulfide) groups is 1. The van der Waals surface area contributed by atoms with E-state index in [0.717, 1.165) is 17.2 Å². The molecule has 1 aromatic heterocycles. The molecule has 0 fully saturated rings. The Labute approximate surface area is 179 Å². The predicted octanol–water partition coefficient (Wildman–Crippen LogP) is 3.74. The van der Waals surface area contributed by atoms with Gasteiger partial charge in [-0.2, -0.15) is 0 Å². The molecule has 7 nitrogen and oxygen atoms in total. The Balaban J connectivity index is 1.57. The van der Waals surface area contributed by atoms with Crippen molar-refractivity contribution in [2.75, 3.05) is 16.0 Å². The maximum atomic E-state index is 13.2. The lowest BCUT2D eigenvalue weighted by atomic mass is 10.2. The molecule has 0 aliphatic carbocycles. The quantitative estimate of drug-likeness (QED) is 0.649. The topological polar surface area (TPSA) is 80.1 Å². The number of anilines is 2. The van der Waals surface area contributed by atoms with E-state index in [2.05, 4.69) is 15.5 Å². The van der Waals surface area contributed by atoms with Gasteiger partial charge >= 0.3 is 0 Å². The second-order valence-electron chi connectivity index (χ2n) is 7.37. The van der Waals surface area contributed by atoms with Crippen LogP contribution >= 0.6 is 11.8 Å². The van der Waals surface area contributed by atoms with Crippen molar-refractivity contribution < 1.29 is 9.59 Å². The first-order valence-electron chi connectivity index (χ1n) is 9.77. The highest BCUT2D eigenvalue weighted by Gasteiger charge is 2.29. The first kappa shape index (κ1) is 20.2. The number of aryl methyl sites for hydroxylation is 2. The monoisotopic (exact) mass is 421 g/mol. The number of aromatic nitrogens is 3. The molecular formula is C22H23N5O2S. The summed E-state index contributed by atoms with van der Waals surface area (Å²) in [6.45, 7) is 5.82. The number of nitrogens with zero attached hydrogens (tertiary/aromatic N) is 4. The highest BCUT2D eigenvalue weighted by Crippen LogP contribution is 2.32. The van der Waals surface area contributed by atoms with E-state index in [4.69, 9.17) is 0 Å². The smallest absolute Gasteiger partial charge is 0.237 e. The van der Waals surface area contributed by atoms with Gasteiger partial charge in [-0.1, -0.05) is 41.6 Å². The third-order valence-corrected chi connectivity index (χ3v) is 5.95. The molecule has 4 rings (SSSR count). The highest BCUT2D eigenvalue weighted by atomic mass is 32.2. The van der Waals surface area contributed by atoms with Crippen LogP contribution in [0.3, 0.4) is 0 Å². The lowest BCUT2D eigenvalue weighted by molar-refractivity contribution is -0.117. The summed E-state index contributed by atoms with van der Waals surface area (Å²) in [4.78, 5) is 27.1. The van der Waals surface area contributed by atoms with Crippen molar-refractivity contribution >= 4 is 35.0 Å². The van der Waals surface area contributed by atoms with Gasteiger partial charge in [0.25, 0.3) is 0 Å². The van der Waals surface area contributed by atoms with Crippen LogP contribution in [-0.4, -0.2) is 38.4 Å². The van der Waals surface area contributed by atoms with Crippen LogP contribution in [0.1, 0.15) is 24.7 Å². The highest BCUT2D eigenvalue weighted by molar-refractivity contribution is 7.99. The lowest BCUT2D eigenvalue weighted by Gasteiger charge is -2.27. The molecule has 1 aliphatic rings. The van der Waals surface area contributed by atoms with Gasteiger partial charge in [0.05, 0.1) is 17.1 Å². The van der Waals surface area contributed by atoms with Gasteiger partial charge in [-0.05, 0) is 45.0 Å². The SMILES string of the molecule is Cc1ccc(-n2c(C)nnc2SCC(=O)N2c3ccccc3NC(=O)C[C@H]2C)cc1. The number of amides is 2. The van der Waals surface area contributed by atoms with Crippen LogP contribution < -0.4 is 10.2 Å². The van der Waals surface area contributed by atoms with Gasteiger partial charge in [-0.25, -0.2) is 0 Å². The molecule has 3 aromatic rings. The number of para-hydroxylation sites is 2. The molecule has 154 valence electrons. The molecular weight excluding hydrogens is 398 g/mol. The van der Waals surface area contributed by atoms with Crippen molar-refractivity contribution in [1.82, 2.24) is 14.8 Å². The number of carbonyl (C=O) groups is 2. The van der Waals surface area contributed by atoms with Crippen LogP contribution in [0, 0.1) is 13.8 Å². The summed E-state index contributed by atoms with van der Waals surface area (Å²) in [5, 5.41) is 12.0. The fourth-order valence-electron chi connectivity index (χ4n) is 3.59. The minimum atomic E-state index is -0.238. The van der Waals surface area contributed by atoms with Crippen LogP contribution in [0.4, 0.5) is 11.4 Å². The Morgan fingerprint density at radius 3 is 2.63 bits per heavy atom. The van der Waals surface area contributed by atoms with Crippen molar-refractivity contribution in [3.8, 4) is 5.69 Å². The molecule has 0 bridgehead atoms. The van der Waals surface area contributed by atoms with E-state index < -0.39 is 0 Å². The molecule has 1 aliphatic heterocycles. The maximum absolute atomic E-state index is 13.2. The maximum Gasteiger partial charge on any atom is 0.237 e. The summed E-state index contributed by atoms with van der Waals surface area (Å²) in [7, 11) is 0. The zero-order valence-electron chi connectivity index (χ0n) is 17.1. The van der Waals surface area contributed by atoms with E-state index in [1.165, 1.54) is 17.3 Å². The van der Waals surface area contributed by atoms with Crippen LogP contribution in [0.2, 0.25) is 0 Å². The number of hydrogen-bond acceptors (Lipinski definition) is 5. The summed E-state index contributed by atoms with van der Waals surface area (Å²) < 4.78 is 1.95. The van der Waals surface area contributed by atoms with Crippen molar-refractivity contribution in [2.45, 2.75) is 38.4 Å². The van der Waals surface area contributed by atoms with Crippen LogP contribution in [0.15, 0.2) is 53.7 Å². The Bertz CT molecular complexity index is 1090. The third kappa shape index (κ3) is 3.95. The minimum absolute atomic E-state index is 0.0763. The van der Waals surface area contributed by atoms with E-state index in [-0.39, 0.29) is 30.0 Å². The van der Waals surface area contributed by atoms with E-state index in [0.29, 0.717) is 10.8 Å². The molecule has 2 amide bonds. The fraction of sp³-hybridized carbons (Fsp3) is 0.273. The summed E-state index contributed by atoms with van der Waals surface area (Å²) in [6.07, 6.45) is 0.254. The molecule has 2 heterocycles. The van der Waals surface area contributed by atoms with Gasteiger partial charge in [-0.15, -0.1) is 10.2 Å². The summed E-state index contributed by atoms with van der Waals surface area (Å²) in [5.74, 6) is 0.786. The number of carbonyl (C=O) groups excluding carboxylic acids is 2. The van der Waals surface area contributed by atoms with Crippen molar-refractivity contribution in [3.05, 3.63) is 59.9 Å². The Kier molecular flexibility index (Phi) is 5.59. The molecule has 0 unspecified atom stereocenters. The molecule has 1 atom stereocenters. The Morgan fingerprint density at radius 1 is 1.13 bits per heavy atom. The molecule has 0 radical (unpaired) electrons. The van der Waals surface area contributed by atoms with Crippen LogP contribution in [-0.2, 0) is 9.59 Å². The van der Waals surface area contributed by atoms with Crippen molar-refractivity contribution in [1.29, 1.82) is 0 Å². The summed E-state index contributed by atoms with van der Waals surface area (Å²) in [5.41, 5.74) is 3.51. The number of nitrogens with one attached hydrogen (secondary N) is 1. The molecule has 1 N–H and O–H groups in total. The van der Waals surface area contributed by atoms with Gasteiger partial charge in [0, 0.05) is 18.2 Å². The summed E-state index contributed by atoms with van der Waals surface area (Å²) in [6, 6.07) is 15.3. The zero-order valence-corrected chi connectivity index (χ0v) is 17.9. The molecule has 30 heavy (non-hydrogen) atoms. The average molecular weight is 422 g/mol. The van der Waals surface area contributed by atoms with Gasteiger partial charge in [0.2, 0.25) is 11.8 Å². The van der Waals surface area contributed by atoms with Gasteiger partial charge in [0.15, 0.2) is 5.16 Å². The largest absolute Gasteiger partial charge is 0.324 e. The van der Waals surface area contributed by atoms with E-state index >= 15 is 0 Å². The zero-order chi connectivity index (χ0) is 21.3. The van der Waals surface area contributed by atoms with Crippen LogP contribution in [0.25, 0.3) is 5.69 Å². The van der Waals surface area contributed by atoms with E-state index in [1.54, 1.807) is 4.90 Å². The number of benzene rings is 2. The average Bonchev–Trinajstić information content (AvgIpc) is 3.02. The van der Waals surface area contributed by atoms with Gasteiger partial charge in [0.1, 0.15) is 5.82 Å². The van der Waals surface area contributed by atoms with E-state index in [1.807, 2.05) is 73.9 Å². The first-order valence-corrected chi connectivity index (χ1v) is 10.8. The molecule has 0 spiro atoms. The Hall–Kier alpha value is -3.13.